The van der Waals surface area contributed by atoms with Crippen LogP contribution in [0.5, 0.6) is 0 Å². The molecule has 0 radical (unpaired) electrons. The molecule has 3 aromatic heterocycles. The molecule has 0 amide bonds. The van der Waals surface area contributed by atoms with Gasteiger partial charge in [-0.1, -0.05) is 0 Å². The number of nitrogens with zero attached hydrogens (tertiary/aromatic N) is 6. The zero-order chi connectivity index (χ0) is 26.0. The van der Waals surface area contributed by atoms with Crippen LogP contribution in [0.15, 0.2) is 56.2 Å². The molecule has 0 aliphatic heterocycles. The van der Waals surface area contributed by atoms with Crippen LogP contribution in [0.2, 0.25) is 0 Å². The number of carbonyl (C=O) groups excluding carboxylic acids is 1. The summed E-state index contributed by atoms with van der Waals surface area (Å²) in [6, 6.07) is 0. The zero-order valence-corrected chi connectivity index (χ0v) is 21.2. The van der Waals surface area contributed by atoms with E-state index in [1.54, 1.807) is 0 Å². The second-order valence-electron chi connectivity index (χ2n) is 6.63. The van der Waals surface area contributed by atoms with Crippen molar-refractivity contribution in [3.8, 4) is 0 Å². The molecule has 0 bridgehead atoms. The predicted octanol–water partition coefficient (Wildman–Crippen LogP) is -1.58. The van der Waals surface area contributed by atoms with Gasteiger partial charge in [0.2, 0.25) is 19.0 Å². The van der Waals surface area contributed by atoms with Crippen molar-refractivity contribution in [2.75, 3.05) is 0 Å². The molecule has 0 fully saturated rings. The first kappa shape index (κ1) is 32.2. The molecule has 0 unspecified atom stereocenters. The van der Waals surface area contributed by atoms with Crippen LogP contribution in [-0.4, -0.2) is 37.2 Å². The first-order chi connectivity index (χ1) is 15.2. The number of carboxylic acid groups (broad SMARTS) is 1. The number of hydrogen-bond donors (Lipinski definition) is 0. The van der Waals surface area contributed by atoms with E-state index in [1.807, 2.05) is 53.4 Å². The molecule has 0 atom stereocenters. The van der Waals surface area contributed by atoms with Gasteiger partial charge in [-0.2, -0.15) is 0 Å². The van der Waals surface area contributed by atoms with Crippen molar-refractivity contribution in [2.45, 2.75) is 47.3 Å². The highest BCUT2D eigenvalue weighted by atomic mass is 32.3. The molecular formula is C20H36N6O6S. The van der Waals surface area contributed by atoms with Crippen molar-refractivity contribution >= 4 is 16.4 Å². The highest BCUT2D eigenvalue weighted by Crippen LogP contribution is 1.75. The molecule has 0 spiro atoms. The van der Waals surface area contributed by atoms with E-state index in [1.165, 1.54) is 0 Å². The molecule has 0 aliphatic carbocycles. The van der Waals surface area contributed by atoms with Crippen molar-refractivity contribution < 1.29 is 41.1 Å². The summed E-state index contributed by atoms with van der Waals surface area (Å²) in [7, 11) is 0.893. The Bertz CT molecular complexity index is 902. The fraction of sp³-hybridized carbons (Fsp3) is 0.500. The number of carbonyl (C=O) groups is 1. The maximum absolute atomic E-state index is 8.89. The molecule has 0 N–H and O–H groups in total. The zero-order valence-electron chi connectivity index (χ0n) is 20.4. The van der Waals surface area contributed by atoms with E-state index in [9.17, 15) is 0 Å². The quantitative estimate of drug-likeness (QED) is 0.247. The average molecular weight is 489 g/mol. The summed E-state index contributed by atoms with van der Waals surface area (Å²) >= 11 is 0. The minimum atomic E-state index is -5.17. The Morgan fingerprint density at radius 2 is 0.909 bits per heavy atom. The van der Waals surface area contributed by atoms with Crippen LogP contribution >= 0.6 is 0 Å². The van der Waals surface area contributed by atoms with Crippen molar-refractivity contribution in [2.24, 2.45) is 21.1 Å². The van der Waals surface area contributed by atoms with E-state index < -0.39 is 16.4 Å². The van der Waals surface area contributed by atoms with Gasteiger partial charge in [0, 0.05) is 16.4 Å². The Balaban J connectivity index is 0. The first-order valence-corrected chi connectivity index (χ1v) is 11.4. The Morgan fingerprint density at radius 1 is 0.727 bits per heavy atom. The van der Waals surface area contributed by atoms with E-state index >= 15 is 0 Å². The third-order valence-electron chi connectivity index (χ3n) is 3.57. The molecule has 0 saturated carbocycles. The summed E-state index contributed by atoms with van der Waals surface area (Å²) in [5.41, 5.74) is 0. The Morgan fingerprint density at radius 3 is 0.970 bits per heavy atom. The molecule has 0 aliphatic rings. The highest BCUT2D eigenvalue weighted by molar-refractivity contribution is 7.79. The van der Waals surface area contributed by atoms with Crippen LogP contribution in [0.25, 0.3) is 0 Å². The lowest BCUT2D eigenvalue weighted by Crippen LogP contribution is -2.28. The van der Waals surface area contributed by atoms with E-state index in [0.29, 0.717) is 0 Å². The SMILES string of the molecule is CC(=O)[O-].CC[n+]1ccn(C)c1.CC[n+]1ccn(C)c1.CC[n+]1ccn(C)c1.O=S(=O)([O-])[O-]. The van der Waals surface area contributed by atoms with Gasteiger partial charge in [0.1, 0.15) is 37.2 Å². The van der Waals surface area contributed by atoms with Gasteiger partial charge in [-0.3, -0.25) is 8.42 Å². The predicted molar refractivity (Wildman–Crippen MR) is 115 cm³/mol. The first-order valence-electron chi connectivity index (χ1n) is 10.1. The van der Waals surface area contributed by atoms with Gasteiger partial charge in [0.15, 0.2) is 0 Å². The number of aliphatic carboxylic acids is 1. The monoisotopic (exact) mass is 488 g/mol. The number of aromatic nitrogens is 6. The molecule has 188 valence electrons. The van der Waals surface area contributed by atoms with Crippen LogP contribution in [0.1, 0.15) is 27.7 Å². The minimum absolute atomic E-state index is 0.972. The van der Waals surface area contributed by atoms with Crippen molar-refractivity contribution in [3.05, 3.63) is 56.2 Å². The Hall–Kier alpha value is -3.03. The van der Waals surface area contributed by atoms with Crippen molar-refractivity contribution in [1.82, 2.24) is 13.7 Å². The van der Waals surface area contributed by atoms with Crippen LogP contribution in [-0.2, 0) is 56.0 Å². The van der Waals surface area contributed by atoms with Gasteiger partial charge >= 0.3 is 0 Å². The lowest BCUT2D eigenvalue weighted by Gasteiger charge is -2.06. The third kappa shape index (κ3) is 23.5. The van der Waals surface area contributed by atoms with Gasteiger partial charge in [0.25, 0.3) is 0 Å². The Kier molecular flexibility index (Phi) is 17.1. The summed E-state index contributed by atoms with van der Waals surface area (Å²) < 4.78 is 46.6. The van der Waals surface area contributed by atoms with Gasteiger partial charge in [-0.15, -0.1) is 0 Å². The van der Waals surface area contributed by atoms with Gasteiger partial charge < -0.3 is 19.0 Å². The molecule has 3 rings (SSSR count). The molecule has 0 aromatic carbocycles. The Labute approximate surface area is 196 Å². The van der Waals surface area contributed by atoms with E-state index in [0.717, 1.165) is 26.6 Å². The summed E-state index contributed by atoms with van der Waals surface area (Å²) in [6.07, 6.45) is 18.4. The van der Waals surface area contributed by atoms with Crippen LogP contribution in [0.4, 0.5) is 0 Å². The minimum Gasteiger partial charge on any atom is -0.759 e. The molecule has 13 heteroatoms. The molecule has 12 nitrogen and oxygen atoms in total. The van der Waals surface area contributed by atoms with Crippen molar-refractivity contribution in [1.29, 1.82) is 0 Å². The van der Waals surface area contributed by atoms with Crippen LogP contribution in [0, 0.1) is 0 Å². The topological polar surface area (TPSA) is 147 Å². The smallest absolute Gasteiger partial charge is 0.243 e. The normalized spacial score (nSPS) is 9.61. The third-order valence-corrected chi connectivity index (χ3v) is 3.57. The maximum Gasteiger partial charge on any atom is 0.243 e. The van der Waals surface area contributed by atoms with Crippen molar-refractivity contribution in [3.63, 3.8) is 0 Å². The highest BCUT2D eigenvalue weighted by Gasteiger charge is 1.93. The summed E-state index contributed by atoms with van der Waals surface area (Å²) in [6.45, 7) is 10.5. The maximum atomic E-state index is 8.89. The molecule has 3 heterocycles. The van der Waals surface area contributed by atoms with Gasteiger partial charge in [0.05, 0.1) is 40.8 Å². The van der Waals surface area contributed by atoms with E-state index in [-0.39, 0.29) is 0 Å². The number of aryl methyl sites for hydroxylation is 6. The van der Waals surface area contributed by atoms with Crippen LogP contribution < -0.4 is 18.8 Å². The number of imidazole rings is 3. The standard InChI is InChI=1S/3C6H11N2.C2H4O2.H2O4S/c3*1-3-8-5-4-7(2)6-8;1-2(3)4;1-5(2,3)4/h3*4-6H,3H2,1-2H3;1H3,(H,3,4);(H2,1,2,3,4)/q3*+1;;/p-3. The largest absolute Gasteiger partial charge is 0.759 e. The molecule has 33 heavy (non-hydrogen) atoms. The van der Waals surface area contributed by atoms with E-state index in [2.05, 4.69) is 72.0 Å². The second kappa shape index (κ2) is 17.5. The molecule has 3 aromatic rings. The number of rotatable bonds is 3. The summed E-state index contributed by atoms with van der Waals surface area (Å²) in [5, 5.41) is 8.89. The molecule has 0 saturated heterocycles. The fourth-order valence-corrected chi connectivity index (χ4v) is 2.07. The average Bonchev–Trinajstić information content (AvgIpc) is 3.42. The van der Waals surface area contributed by atoms with E-state index in [4.69, 9.17) is 27.4 Å². The van der Waals surface area contributed by atoms with Gasteiger partial charge in [-0.25, -0.2) is 27.4 Å². The second-order valence-corrected chi connectivity index (χ2v) is 7.44. The van der Waals surface area contributed by atoms with Gasteiger partial charge in [-0.05, 0) is 27.7 Å². The summed E-state index contributed by atoms with van der Waals surface area (Å²) in [5.74, 6) is -1.08. The lowest BCUT2D eigenvalue weighted by molar-refractivity contribution is -0.693. The summed E-state index contributed by atoms with van der Waals surface area (Å²) in [4.78, 5) is 8.89. The number of hydrogen-bond acceptors (Lipinski definition) is 6. The lowest BCUT2D eigenvalue weighted by atomic mass is 10.7. The van der Waals surface area contributed by atoms with Crippen LogP contribution in [0.3, 0.4) is 0 Å². The fourth-order valence-electron chi connectivity index (χ4n) is 2.07. The molecular weight excluding hydrogens is 452 g/mol. The number of carboxylic acids is 1.